The zero-order chi connectivity index (χ0) is 13.5. The van der Waals surface area contributed by atoms with Gasteiger partial charge >= 0.3 is 0 Å². The van der Waals surface area contributed by atoms with Crippen LogP contribution >= 0.6 is 0 Å². The van der Waals surface area contributed by atoms with Crippen LogP contribution in [0.4, 0.5) is 0 Å². The standard InChI is InChI=1S/C17H28N2/c1-3-8-15(2)13-19-12-7-11-18-17(14-19)16-9-5-4-6-10-16/h4-6,9-10,15,17-18H,3,7-8,11-14H2,1-2H3. The first-order valence-electron chi connectivity index (χ1n) is 7.80. The molecular formula is C17H28N2. The first-order valence-corrected chi connectivity index (χ1v) is 7.80. The molecule has 19 heavy (non-hydrogen) atoms. The van der Waals surface area contributed by atoms with E-state index in [-0.39, 0.29) is 0 Å². The molecule has 0 aromatic heterocycles. The number of hydrogen-bond donors (Lipinski definition) is 1. The third kappa shape index (κ3) is 4.63. The monoisotopic (exact) mass is 260 g/mol. The molecule has 1 aliphatic rings. The third-order valence-electron chi connectivity index (χ3n) is 4.04. The van der Waals surface area contributed by atoms with Crippen LogP contribution in [0, 0.1) is 5.92 Å². The quantitative estimate of drug-likeness (QED) is 0.872. The Kier molecular flexibility index (Phi) is 5.87. The predicted octanol–water partition coefficient (Wildman–Crippen LogP) is 3.46. The molecule has 106 valence electrons. The summed E-state index contributed by atoms with van der Waals surface area (Å²) in [5.41, 5.74) is 1.43. The summed E-state index contributed by atoms with van der Waals surface area (Å²) in [4.78, 5) is 2.65. The fourth-order valence-electron chi connectivity index (χ4n) is 3.09. The van der Waals surface area contributed by atoms with Gasteiger partial charge in [0.25, 0.3) is 0 Å². The Morgan fingerprint density at radius 1 is 1.32 bits per heavy atom. The van der Waals surface area contributed by atoms with E-state index in [9.17, 15) is 0 Å². The zero-order valence-corrected chi connectivity index (χ0v) is 12.4. The minimum Gasteiger partial charge on any atom is -0.309 e. The van der Waals surface area contributed by atoms with Crippen LogP contribution in [0.1, 0.15) is 44.7 Å². The summed E-state index contributed by atoms with van der Waals surface area (Å²) in [6.45, 7) is 9.45. The first-order chi connectivity index (χ1) is 9.29. The van der Waals surface area contributed by atoms with Gasteiger partial charge in [0, 0.05) is 19.1 Å². The molecule has 0 saturated carbocycles. The topological polar surface area (TPSA) is 15.3 Å². The Balaban J connectivity index is 1.95. The molecule has 1 fully saturated rings. The third-order valence-corrected chi connectivity index (χ3v) is 4.04. The van der Waals surface area contributed by atoms with Crippen molar-refractivity contribution in [3.63, 3.8) is 0 Å². The maximum Gasteiger partial charge on any atom is 0.0449 e. The summed E-state index contributed by atoms with van der Waals surface area (Å²) in [6.07, 6.45) is 3.91. The van der Waals surface area contributed by atoms with E-state index in [0.717, 1.165) is 19.0 Å². The van der Waals surface area contributed by atoms with Crippen LogP contribution in [-0.4, -0.2) is 31.1 Å². The summed E-state index contributed by atoms with van der Waals surface area (Å²) in [5.74, 6) is 0.819. The highest BCUT2D eigenvalue weighted by Gasteiger charge is 2.19. The maximum absolute atomic E-state index is 3.69. The molecule has 0 amide bonds. The number of nitrogens with zero attached hydrogens (tertiary/aromatic N) is 1. The molecule has 1 aromatic rings. The molecule has 0 spiro atoms. The summed E-state index contributed by atoms with van der Waals surface area (Å²) in [6, 6.07) is 11.4. The second-order valence-electron chi connectivity index (χ2n) is 5.92. The van der Waals surface area contributed by atoms with Crippen LogP contribution in [0.15, 0.2) is 30.3 Å². The number of hydrogen-bond acceptors (Lipinski definition) is 2. The second-order valence-corrected chi connectivity index (χ2v) is 5.92. The molecule has 1 aliphatic heterocycles. The average molecular weight is 260 g/mol. The van der Waals surface area contributed by atoms with Gasteiger partial charge in [0.05, 0.1) is 0 Å². The van der Waals surface area contributed by atoms with Crippen LogP contribution < -0.4 is 5.32 Å². The van der Waals surface area contributed by atoms with Crippen LogP contribution in [0.25, 0.3) is 0 Å². The molecule has 2 rings (SSSR count). The molecule has 2 heteroatoms. The van der Waals surface area contributed by atoms with Crippen molar-refractivity contribution in [3.05, 3.63) is 35.9 Å². The highest BCUT2D eigenvalue weighted by molar-refractivity contribution is 5.19. The van der Waals surface area contributed by atoms with Gasteiger partial charge in [0.2, 0.25) is 0 Å². The fraction of sp³-hybridized carbons (Fsp3) is 0.647. The lowest BCUT2D eigenvalue weighted by molar-refractivity contribution is 0.228. The van der Waals surface area contributed by atoms with E-state index in [4.69, 9.17) is 0 Å². The average Bonchev–Trinajstić information content (AvgIpc) is 2.65. The summed E-state index contributed by atoms with van der Waals surface area (Å²) >= 11 is 0. The van der Waals surface area contributed by atoms with E-state index in [1.807, 2.05) is 0 Å². The maximum atomic E-state index is 3.69. The van der Waals surface area contributed by atoms with Crippen molar-refractivity contribution in [2.45, 2.75) is 39.2 Å². The lowest BCUT2D eigenvalue weighted by atomic mass is 10.0. The molecule has 2 atom stereocenters. The van der Waals surface area contributed by atoms with Gasteiger partial charge in [0.1, 0.15) is 0 Å². The van der Waals surface area contributed by atoms with E-state index in [1.54, 1.807) is 0 Å². The largest absolute Gasteiger partial charge is 0.309 e. The van der Waals surface area contributed by atoms with Gasteiger partial charge in [-0.1, -0.05) is 50.6 Å². The van der Waals surface area contributed by atoms with Crippen molar-refractivity contribution in [1.29, 1.82) is 0 Å². The van der Waals surface area contributed by atoms with Gasteiger partial charge in [0.15, 0.2) is 0 Å². The van der Waals surface area contributed by atoms with E-state index < -0.39 is 0 Å². The first kappa shape index (κ1) is 14.5. The Bertz CT molecular complexity index is 350. The van der Waals surface area contributed by atoms with Gasteiger partial charge < -0.3 is 10.2 Å². The molecule has 2 unspecified atom stereocenters. The van der Waals surface area contributed by atoms with E-state index in [2.05, 4.69) is 54.4 Å². The Morgan fingerprint density at radius 2 is 2.11 bits per heavy atom. The van der Waals surface area contributed by atoms with Crippen molar-refractivity contribution in [2.24, 2.45) is 5.92 Å². The Morgan fingerprint density at radius 3 is 2.84 bits per heavy atom. The summed E-state index contributed by atoms with van der Waals surface area (Å²) in [7, 11) is 0. The highest BCUT2D eigenvalue weighted by Crippen LogP contribution is 2.18. The smallest absolute Gasteiger partial charge is 0.0449 e. The van der Waals surface area contributed by atoms with Crippen LogP contribution in [-0.2, 0) is 0 Å². The van der Waals surface area contributed by atoms with Gasteiger partial charge in [-0.2, -0.15) is 0 Å². The zero-order valence-electron chi connectivity index (χ0n) is 12.4. The Hall–Kier alpha value is -0.860. The normalized spacial score (nSPS) is 22.9. The number of nitrogens with one attached hydrogen (secondary N) is 1. The molecular weight excluding hydrogens is 232 g/mol. The number of benzene rings is 1. The molecule has 0 bridgehead atoms. The van der Waals surface area contributed by atoms with E-state index >= 15 is 0 Å². The van der Waals surface area contributed by atoms with Crippen LogP contribution in [0.3, 0.4) is 0 Å². The molecule has 1 saturated heterocycles. The fourth-order valence-corrected chi connectivity index (χ4v) is 3.09. The molecule has 1 N–H and O–H groups in total. The highest BCUT2D eigenvalue weighted by atomic mass is 15.2. The lowest BCUT2D eigenvalue weighted by Crippen LogP contribution is -2.34. The van der Waals surface area contributed by atoms with Crippen molar-refractivity contribution < 1.29 is 0 Å². The van der Waals surface area contributed by atoms with Gasteiger partial charge in [-0.05, 0) is 37.4 Å². The minimum absolute atomic E-state index is 0.498. The lowest BCUT2D eigenvalue weighted by Gasteiger charge is -2.27. The van der Waals surface area contributed by atoms with Crippen molar-refractivity contribution in [3.8, 4) is 0 Å². The van der Waals surface area contributed by atoms with Gasteiger partial charge in [-0.3, -0.25) is 0 Å². The van der Waals surface area contributed by atoms with Crippen LogP contribution in [0.2, 0.25) is 0 Å². The second kappa shape index (κ2) is 7.66. The molecule has 0 radical (unpaired) electrons. The SMILES string of the molecule is CCCC(C)CN1CCCNC(c2ccccc2)C1. The Labute approximate surface area is 118 Å². The predicted molar refractivity (Wildman–Crippen MR) is 82.3 cm³/mol. The van der Waals surface area contributed by atoms with Gasteiger partial charge in [-0.25, -0.2) is 0 Å². The summed E-state index contributed by atoms with van der Waals surface area (Å²) < 4.78 is 0. The van der Waals surface area contributed by atoms with Crippen molar-refractivity contribution in [2.75, 3.05) is 26.2 Å². The van der Waals surface area contributed by atoms with Crippen molar-refractivity contribution >= 4 is 0 Å². The molecule has 2 nitrogen and oxygen atoms in total. The van der Waals surface area contributed by atoms with E-state index in [0.29, 0.717) is 6.04 Å². The number of rotatable bonds is 5. The molecule has 1 aromatic carbocycles. The van der Waals surface area contributed by atoms with Crippen LogP contribution in [0.5, 0.6) is 0 Å². The van der Waals surface area contributed by atoms with Crippen molar-refractivity contribution in [1.82, 2.24) is 10.2 Å². The minimum atomic E-state index is 0.498. The molecule has 0 aliphatic carbocycles. The summed E-state index contributed by atoms with van der Waals surface area (Å²) in [5, 5.41) is 3.69. The molecule has 1 heterocycles. The van der Waals surface area contributed by atoms with E-state index in [1.165, 1.54) is 37.9 Å². The van der Waals surface area contributed by atoms with Gasteiger partial charge in [-0.15, -0.1) is 0 Å².